The van der Waals surface area contributed by atoms with Crippen LogP contribution in [0.3, 0.4) is 0 Å². The zero-order valence-electron chi connectivity index (χ0n) is 16.3. The predicted molar refractivity (Wildman–Crippen MR) is 115 cm³/mol. The number of rotatable bonds is 6. The molecule has 1 atom stereocenters. The first-order valence-corrected chi connectivity index (χ1v) is 11.8. The molecule has 0 bridgehead atoms. The van der Waals surface area contributed by atoms with Crippen molar-refractivity contribution in [2.45, 2.75) is 23.8 Å². The van der Waals surface area contributed by atoms with E-state index in [1.165, 1.54) is 30.5 Å². The standard InChI is InChI=1S/C21H21FN2O4S2/c1-24(30(26,27)18-7-4-15(22)5-8-18)16-6-9-19-14(11-16)12-20(29-19)21(25)23-13-17-3-2-10-28-17/h4-9,11-12,17H,2-3,10,13H2,1H3,(H,23,25)/t17-/m1/s1. The Morgan fingerprint density at radius 3 is 2.70 bits per heavy atom. The quantitative estimate of drug-likeness (QED) is 0.623. The van der Waals surface area contributed by atoms with Crippen molar-refractivity contribution in [3.8, 4) is 0 Å². The normalized spacial score (nSPS) is 16.7. The Hall–Kier alpha value is -2.49. The van der Waals surface area contributed by atoms with E-state index in [2.05, 4.69) is 5.32 Å². The first-order valence-electron chi connectivity index (χ1n) is 9.52. The van der Waals surface area contributed by atoms with E-state index in [0.717, 1.165) is 46.0 Å². The summed E-state index contributed by atoms with van der Waals surface area (Å²) in [5, 5.41) is 3.68. The molecule has 1 aromatic heterocycles. The molecule has 0 aliphatic carbocycles. The third kappa shape index (κ3) is 4.19. The molecule has 2 aromatic carbocycles. The second-order valence-corrected chi connectivity index (χ2v) is 10.2. The summed E-state index contributed by atoms with van der Waals surface area (Å²) in [7, 11) is -2.38. The first kappa shape index (κ1) is 20.8. The van der Waals surface area contributed by atoms with Crippen LogP contribution in [0.15, 0.2) is 53.4 Å². The number of sulfonamides is 1. The van der Waals surface area contributed by atoms with Gasteiger partial charge < -0.3 is 10.1 Å². The second kappa shape index (κ2) is 8.33. The van der Waals surface area contributed by atoms with Gasteiger partial charge in [-0.25, -0.2) is 12.8 Å². The summed E-state index contributed by atoms with van der Waals surface area (Å²) in [5.74, 6) is -0.665. The molecule has 0 unspecified atom stereocenters. The van der Waals surface area contributed by atoms with Crippen molar-refractivity contribution in [1.29, 1.82) is 0 Å². The molecule has 2 heterocycles. The van der Waals surface area contributed by atoms with Crippen molar-refractivity contribution < 1.29 is 22.3 Å². The van der Waals surface area contributed by atoms with E-state index in [0.29, 0.717) is 17.1 Å². The summed E-state index contributed by atoms with van der Waals surface area (Å²) in [4.78, 5) is 13.0. The van der Waals surface area contributed by atoms with Gasteiger partial charge >= 0.3 is 0 Å². The van der Waals surface area contributed by atoms with Crippen molar-refractivity contribution in [2.75, 3.05) is 24.5 Å². The number of carbonyl (C=O) groups is 1. The number of nitrogens with zero attached hydrogens (tertiary/aromatic N) is 1. The minimum Gasteiger partial charge on any atom is -0.376 e. The minimum absolute atomic E-state index is 0.00557. The van der Waals surface area contributed by atoms with Crippen molar-refractivity contribution in [2.24, 2.45) is 0 Å². The maximum Gasteiger partial charge on any atom is 0.264 e. The van der Waals surface area contributed by atoms with E-state index in [9.17, 15) is 17.6 Å². The Labute approximate surface area is 178 Å². The zero-order chi connectivity index (χ0) is 21.3. The fourth-order valence-electron chi connectivity index (χ4n) is 3.34. The van der Waals surface area contributed by atoms with Crippen LogP contribution in [0.4, 0.5) is 10.1 Å². The Morgan fingerprint density at radius 1 is 1.23 bits per heavy atom. The molecule has 1 saturated heterocycles. The van der Waals surface area contributed by atoms with E-state index in [1.807, 2.05) is 0 Å². The SMILES string of the molecule is CN(c1ccc2sc(C(=O)NC[C@H]3CCCO3)cc2c1)S(=O)(=O)c1ccc(F)cc1. The molecule has 1 aliphatic heterocycles. The first-order chi connectivity index (χ1) is 14.3. The molecule has 0 radical (unpaired) electrons. The number of ether oxygens (including phenoxy) is 1. The Bertz CT molecular complexity index is 1170. The fraction of sp³-hybridized carbons (Fsp3) is 0.286. The summed E-state index contributed by atoms with van der Waals surface area (Å²) in [5.41, 5.74) is 0.455. The molecule has 158 valence electrons. The molecule has 1 N–H and O–H groups in total. The topological polar surface area (TPSA) is 75.7 Å². The van der Waals surface area contributed by atoms with Crippen LogP contribution in [0.2, 0.25) is 0 Å². The number of halogens is 1. The second-order valence-electron chi connectivity index (χ2n) is 7.10. The average Bonchev–Trinajstić information content (AvgIpc) is 3.40. The van der Waals surface area contributed by atoms with Gasteiger partial charge in [-0.05, 0) is 66.8 Å². The van der Waals surface area contributed by atoms with Crippen LogP contribution < -0.4 is 9.62 Å². The van der Waals surface area contributed by atoms with Crippen molar-refractivity contribution in [3.63, 3.8) is 0 Å². The number of benzene rings is 2. The highest BCUT2D eigenvalue weighted by molar-refractivity contribution is 7.92. The van der Waals surface area contributed by atoms with Crippen LogP contribution in [0.25, 0.3) is 10.1 Å². The Balaban J connectivity index is 1.54. The predicted octanol–water partition coefficient (Wildman–Crippen LogP) is 3.77. The maximum atomic E-state index is 13.1. The number of fused-ring (bicyclic) bond motifs is 1. The van der Waals surface area contributed by atoms with Crippen molar-refractivity contribution in [1.82, 2.24) is 5.32 Å². The number of thiophene rings is 1. The number of anilines is 1. The van der Waals surface area contributed by atoms with Gasteiger partial charge in [-0.1, -0.05) is 0 Å². The third-order valence-electron chi connectivity index (χ3n) is 5.07. The molecule has 0 saturated carbocycles. The lowest BCUT2D eigenvalue weighted by atomic mass is 10.2. The summed E-state index contributed by atoms with van der Waals surface area (Å²) in [6.07, 6.45) is 2.03. The van der Waals surface area contributed by atoms with Crippen LogP contribution >= 0.6 is 11.3 Å². The largest absolute Gasteiger partial charge is 0.376 e. The minimum atomic E-state index is -3.83. The number of hydrogen-bond acceptors (Lipinski definition) is 5. The summed E-state index contributed by atoms with van der Waals surface area (Å²) < 4.78 is 46.4. The number of hydrogen-bond donors (Lipinski definition) is 1. The molecule has 4 rings (SSSR count). The van der Waals surface area contributed by atoms with Crippen LogP contribution in [0.5, 0.6) is 0 Å². The van der Waals surface area contributed by atoms with Crippen LogP contribution in [0.1, 0.15) is 22.5 Å². The van der Waals surface area contributed by atoms with E-state index >= 15 is 0 Å². The van der Waals surface area contributed by atoms with Crippen molar-refractivity contribution >= 4 is 43.0 Å². The molecule has 1 amide bonds. The Kier molecular flexibility index (Phi) is 5.77. The molecule has 6 nitrogen and oxygen atoms in total. The van der Waals surface area contributed by atoms with Gasteiger partial charge in [0.15, 0.2) is 0 Å². The number of carbonyl (C=O) groups excluding carboxylic acids is 1. The molecule has 3 aromatic rings. The molecule has 30 heavy (non-hydrogen) atoms. The van der Waals surface area contributed by atoms with Crippen molar-refractivity contribution in [3.05, 3.63) is 59.2 Å². The highest BCUT2D eigenvalue weighted by atomic mass is 32.2. The highest BCUT2D eigenvalue weighted by Crippen LogP contribution is 2.31. The van der Waals surface area contributed by atoms with Gasteiger partial charge in [-0.2, -0.15) is 0 Å². The molecule has 0 spiro atoms. The van der Waals surface area contributed by atoms with Gasteiger partial charge in [0.05, 0.1) is 21.6 Å². The molecule has 1 aliphatic rings. The fourth-order valence-corrected chi connectivity index (χ4v) is 5.49. The molecule has 9 heteroatoms. The number of amides is 1. The number of nitrogens with one attached hydrogen (secondary N) is 1. The van der Waals surface area contributed by atoms with Gasteiger partial charge in [0, 0.05) is 24.9 Å². The van der Waals surface area contributed by atoms with Gasteiger partial charge in [0.25, 0.3) is 15.9 Å². The van der Waals surface area contributed by atoms with Gasteiger partial charge in [-0.15, -0.1) is 11.3 Å². The third-order valence-corrected chi connectivity index (χ3v) is 7.99. The lowest BCUT2D eigenvalue weighted by Gasteiger charge is -2.19. The average molecular weight is 449 g/mol. The highest BCUT2D eigenvalue weighted by Gasteiger charge is 2.22. The zero-order valence-corrected chi connectivity index (χ0v) is 17.9. The molecule has 1 fully saturated rings. The van der Waals surface area contributed by atoms with E-state index in [-0.39, 0.29) is 16.9 Å². The van der Waals surface area contributed by atoms with E-state index < -0.39 is 15.8 Å². The van der Waals surface area contributed by atoms with Crippen LogP contribution in [0, 0.1) is 5.82 Å². The van der Waals surface area contributed by atoms with E-state index in [1.54, 1.807) is 24.3 Å². The van der Waals surface area contributed by atoms with E-state index in [4.69, 9.17) is 4.74 Å². The lowest BCUT2D eigenvalue weighted by Crippen LogP contribution is -2.31. The molecular formula is C21H21FN2O4S2. The Morgan fingerprint density at radius 2 is 2.00 bits per heavy atom. The monoisotopic (exact) mass is 448 g/mol. The van der Waals surface area contributed by atoms with Crippen LogP contribution in [-0.2, 0) is 14.8 Å². The summed E-state index contributed by atoms with van der Waals surface area (Å²) in [6.45, 7) is 1.22. The maximum absolute atomic E-state index is 13.1. The van der Waals surface area contributed by atoms with Gasteiger partial charge in [-0.3, -0.25) is 9.10 Å². The van der Waals surface area contributed by atoms with Gasteiger partial charge in [0.2, 0.25) is 0 Å². The van der Waals surface area contributed by atoms with Gasteiger partial charge in [0.1, 0.15) is 5.82 Å². The molecular weight excluding hydrogens is 427 g/mol. The van der Waals surface area contributed by atoms with Crippen LogP contribution in [-0.4, -0.2) is 40.6 Å². The summed E-state index contributed by atoms with van der Waals surface area (Å²) >= 11 is 1.35. The lowest BCUT2D eigenvalue weighted by molar-refractivity contribution is 0.0861. The smallest absolute Gasteiger partial charge is 0.264 e. The summed E-state index contributed by atoms with van der Waals surface area (Å²) in [6, 6.07) is 11.7.